The minimum atomic E-state index is 0.804. The molecule has 0 amide bonds. The van der Waals surface area contributed by atoms with E-state index in [2.05, 4.69) is 48.5 Å². The molecule has 0 aliphatic carbocycles. The van der Waals surface area contributed by atoms with Gasteiger partial charge in [-0.25, -0.2) is 0 Å². The summed E-state index contributed by atoms with van der Waals surface area (Å²) >= 11 is 0. The molecule has 2 rings (SSSR count). The Morgan fingerprint density at radius 1 is 1.26 bits per heavy atom. The lowest BCUT2D eigenvalue weighted by molar-refractivity contribution is 0.217. The largest absolute Gasteiger partial charge is 0.385 e. The molecule has 106 valence electrons. The van der Waals surface area contributed by atoms with Crippen LogP contribution in [0, 0.1) is 5.92 Å². The molecular weight excluding hydrogens is 232 g/mol. The molecule has 1 aromatic carbocycles. The molecule has 1 unspecified atom stereocenters. The summed E-state index contributed by atoms with van der Waals surface area (Å²) in [6, 6.07) is 9.01. The maximum Gasteiger partial charge on any atom is 0.0340 e. The third-order valence-corrected chi connectivity index (χ3v) is 4.09. The van der Waals surface area contributed by atoms with Crippen molar-refractivity contribution >= 4 is 5.69 Å². The molecule has 0 radical (unpaired) electrons. The minimum absolute atomic E-state index is 0.804. The van der Waals surface area contributed by atoms with Crippen molar-refractivity contribution in [1.82, 2.24) is 4.90 Å². The highest BCUT2D eigenvalue weighted by molar-refractivity contribution is 5.44. The zero-order chi connectivity index (χ0) is 13.5. The summed E-state index contributed by atoms with van der Waals surface area (Å²) in [5.41, 5.74) is 2.73. The van der Waals surface area contributed by atoms with Crippen LogP contribution in [0.2, 0.25) is 0 Å². The van der Waals surface area contributed by atoms with Crippen molar-refractivity contribution in [3.63, 3.8) is 0 Å². The molecule has 2 heteroatoms. The molecule has 1 N–H and O–H groups in total. The average Bonchev–Trinajstić information content (AvgIpc) is 2.44. The van der Waals surface area contributed by atoms with Gasteiger partial charge in [0.2, 0.25) is 0 Å². The third-order valence-electron chi connectivity index (χ3n) is 4.09. The number of anilines is 1. The van der Waals surface area contributed by atoms with Gasteiger partial charge in [0, 0.05) is 18.8 Å². The van der Waals surface area contributed by atoms with E-state index in [4.69, 9.17) is 0 Å². The second-order valence-electron chi connectivity index (χ2n) is 5.95. The van der Waals surface area contributed by atoms with Crippen molar-refractivity contribution in [2.45, 2.75) is 39.0 Å². The molecule has 1 aliphatic rings. The van der Waals surface area contributed by atoms with Gasteiger partial charge < -0.3 is 10.2 Å². The lowest BCUT2D eigenvalue weighted by Crippen LogP contribution is -2.35. The molecule has 0 bridgehead atoms. The van der Waals surface area contributed by atoms with Gasteiger partial charge in [0.25, 0.3) is 0 Å². The summed E-state index contributed by atoms with van der Waals surface area (Å²) in [6.07, 6.45) is 6.49. The van der Waals surface area contributed by atoms with Crippen LogP contribution in [0.4, 0.5) is 5.69 Å². The van der Waals surface area contributed by atoms with Gasteiger partial charge in [0.15, 0.2) is 0 Å². The minimum Gasteiger partial charge on any atom is -0.385 e. The van der Waals surface area contributed by atoms with E-state index in [1.807, 2.05) is 0 Å². The number of nitrogens with one attached hydrogen (secondary N) is 1. The van der Waals surface area contributed by atoms with Gasteiger partial charge in [0.05, 0.1) is 0 Å². The zero-order valence-corrected chi connectivity index (χ0v) is 12.5. The van der Waals surface area contributed by atoms with Gasteiger partial charge in [-0.2, -0.15) is 0 Å². The van der Waals surface area contributed by atoms with Crippen LogP contribution in [-0.4, -0.2) is 31.6 Å². The summed E-state index contributed by atoms with van der Waals surface area (Å²) in [4.78, 5) is 2.45. The van der Waals surface area contributed by atoms with Crippen LogP contribution in [0.25, 0.3) is 0 Å². The van der Waals surface area contributed by atoms with E-state index in [0.717, 1.165) is 12.5 Å². The first-order valence-corrected chi connectivity index (χ1v) is 7.79. The Balaban J connectivity index is 1.76. The summed E-state index contributed by atoms with van der Waals surface area (Å²) in [5.74, 6) is 0.804. The molecule has 0 spiro atoms. The Bertz CT molecular complexity index is 358. The number of unbranched alkanes of at least 4 members (excludes halogenated alkanes) is 1. The highest BCUT2D eigenvalue weighted by Crippen LogP contribution is 2.17. The smallest absolute Gasteiger partial charge is 0.0340 e. The van der Waals surface area contributed by atoms with Crippen LogP contribution in [0.5, 0.6) is 0 Å². The van der Waals surface area contributed by atoms with E-state index < -0.39 is 0 Å². The number of likely N-dealkylation sites (tertiary alicyclic amines) is 1. The molecule has 0 aromatic heterocycles. The number of aryl methyl sites for hydroxylation is 1. The number of hydrogen-bond acceptors (Lipinski definition) is 2. The fraction of sp³-hybridized carbons (Fsp3) is 0.647. The first-order chi connectivity index (χ1) is 9.28. The SMILES string of the molecule is CCCCc1ccc(NCC2CCCN(C)C2)cc1. The predicted molar refractivity (Wildman–Crippen MR) is 83.8 cm³/mol. The van der Waals surface area contributed by atoms with Gasteiger partial charge in [-0.3, -0.25) is 0 Å². The van der Waals surface area contributed by atoms with E-state index in [-0.39, 0.29) is 0 Å². The van der Waals surface area contributed by atoms with Crippen molar-refractivity contribution < 1.29 is 0 Å². The third kappa shape index (κ3) is 4.87. The lowest BCUT2D eigenvalue weighted by atomic mass is 9.98. The van der Waals surface area contributed by atoms with Crippen molar-refractivity contribution in [2.24, 2.45) is 5.92 Å². The summed E-state index contributed by atoms with van der Waals surface area (Å²) in [6.45, 7) is 5.86. The van der Waals surface area contributed by atoms with E-state index in [1.54, 1.807) is 0 Å². The molecule has 1 atom stereocenters. The number of nitrogens with zero attached hydrogens (tertiary/aromatic N) is 1. The fourth-order valence-electron chi connectivity index (χ4n) is 2.87. The number of piperidine rings is 1. The van der Waals surface area contributed by atoms with E-state index in [0.29, 0.717) is 0 Å². The molecule has 0 saturated carbocycles. The van der Waals surface area contributed by atoms with E-state index in [9.17, 15) is 0 Å². The van der Waals surface area contributed by atoms with Crippen LogP contribution in [-0.2, 0) is 6.42 Å². The Kier molecular flexibility index (Phi) is 5.71. The molecule has 1 saturated heterocycles. The number of hydrogen-bond donors (Lipinski definition) is 1. The van der Waals surface area contributed by atoms with Crippen LogP contribution in [0.3, 0.4) is 0 Å². The fourth-order valence-corrected chi connectivity index (χ4v) is 2.87. The standard InChI is InChI=1S/C17H28N2/c1-3-4-6-15-8-10-17(11-9-15)18-13-16-7-5-12-19(2)14-16/h8-11,16,18H,3-7,12-14H2,1-2H3. The molecular formula is C17H28N2. The molecule has 1 aliphatic heterocycles. The van der Waals surface area contributed by atoms with Gasteiger partial charge in [-0.05, 0) is 62.9 Å². The Morgan fingerprint density at radius 3 is 2.74 bits per heavy atom. The average molecular weight is 260 g/mol. The van der Waals surface area contributed by atoms with E-state index >= 15 is 0 Å². The van der Waals surface area contributed by atoms with Crippen LogP contribution >= 0.6 is 0 Å². The van der Waals surface area contributed by atoms with Crippen LogP contribution < -0.4 is 5.32 Å². The van der Waals surface area contributed by atoms with Crippen LogP contribution in [0.1, 0.15) is 38.2 Å². The molecule has 19 heavy (non-hydrogen) atoms. The summed E-state index contributed by atoms with van der Waals surface area (Å²) < 4.78 is 0. The second kappa shape index (κ2) is 7.54. The maximum absolute atomic E-state index is 3.59. The Morgan fingerprint density at radius 2 is 2.05 bits per heavy atom. The topological polar surface area (TPSA) is 15.3 Å². The normalized spacial score (nSPS) is 20.4. The van der Waals surface area contributed by atoms with Gasteiger partial charge in [-0.15, -0.1) is 0 Å². The first kappa shape index (κ1) is 14.4. The summed E-state index contributed by atoms with van der Waals surface area (Å²) in [5, 5.41) is 3.59. The van der Waals surface area contributed by atoms with E-state index in [1.165, 1.54) is 56.4 Å². The molecule has 1 fully saturated rings. The number of benzene rings is 1. The Hall–Kier alpha value is -1.02. The molecule has 1 heterocycles. The lowest BCUT2D eigenvalue weighted by Gasteiger charge is -2.30. The monoisotopic (exact) mass is 260 g/mol. The van der Waals surface area contributed by atoms with Gasteiger partial charge in [-0.1, -0.05) is 25.5 Å². The molecule has 2 nitrogen and oxygen atoms in total. The van der Waals surface area contributed by atoms with Gasteiger partial charge >= 0.3 is 0 Å². The number of rotatable bonds is 6. The summed E-state index contributed by atoms with van der Waals surface area (Å²) in [7, 11) is 2.23. The Labute approximate surface area is 118 Å². The quantitative estimate of drug-likeness (QED) is 0.837. The maximum atomic E-state index is 3.59. The predicted octanol–water partition coefficient (Wildman–Crippen LogP) is 3.78. The highest BCUT2D eigenvalue weighted by Gasteiger charge is 2.16. The van der Waals surface area contributed by atoms with Gasteiger partial charge in [0.1, 0.15) is 0 Å². The van der Waals surface area contributed by atoms with Crippen molar-refractivity contribution in [3.05, 3.63) is 29.8 Å². The van der Waals surface area contributed by atoms with Crippen molar-refractivity contribution in [2.75, 3.05) is 32.0 Å². The highest BCUT2D eigenvalue weighted by atomic mass is 15.1. The van der Waals surface area contributed by atoms with Crippen LogP contribution in [0.15, 0.2) is 24.3 Å². The second-order valence-corrected chi connectivity index (χ2v) is 5.95. The zero-order valence-electron chi connectivity index (χ0n) is 12.5. The first-order valence-electron chi connectivity index (χ1n) is 7.79. The molecule has 1 aromatic rings. The van der Waals surface area contributed by atoms with Crippen molar-refractivity contribution in [3.8, 4) is 0 Å². The van der Waals surface area contributed by atoms with Crippen molar-refractivity contribution in [1.29, 1.82) is 0 Å².